The van der Waals surface area contributed by atoms with Crippen LogP contribution in [0.4, 0.5) is 0 Å². The van der Waals surface area contributed by atoms with Gasteiger partial charge in [-0.3, -0.25) is 9.78 Å². The van der Waals surface area contributed by atoms with Crippen LogP contribution in [-0.2, 0) is 6.42 Å². The number of rotatable bonds is 9. The van der Waals surface area contributed by atoms with Crippen molar-refractivity contribution in [3.63, 3.8) is 0 Å². The molecule has 0 bridgehead atoms. The van der Waals surface area contributed by atoms with E-state index in [9.17, 15) is 4.79 Å². The number of carbonyl (C=O) groups excluding carboxylic acids is 1. The third-order valence-corrected chi connectivity index (χ3v) is 3.39. The molecule has 1 aromatic carbocycles. The Morgan fingerprint density at radius 1 is 1.17 bits per heavy atom. The minimum Gasteiger partial charge on any atom is -0.490 e. The number of amides is 1. The third kappa shape index (κ3) is 5.26. The molecule has 0 atom stereocenters. The molecule has 5 heteroatoms. The number of ether oxygens (including phenoxy) is 2. The van der Waals surface area contributed by atoms with E-state index in [1.165, 1.54) is 0 Å². The number of carbonyl (C=O) groups is 1. The minimum atomic E-state index is -0.123. The van der Waals surface area contributed by atoms with Crippen LogP contribution < -0.4 is 14.8 Å². The Hall–Kier alpha value is -2.56. The number of pyridine rings is 1. The van der Waals surface area contributed by atoms with Crippen LogP contribution in [0.5, 0.6) is 11.5 Å². The van der Waals surface area contributed by atoms with Crippen molar-refractivity contribution in [1.82, 2.24) is 10.3 Å². The van der Waals surface area contributed by atoms with Gasteiger partial charge in [0.2, 0.25) is 0 Å². The molecule has 24 heavy (non-hydrogen) atoms. The Bertz CT molecular complexity index is 644. The van der Waals surface area contributed by atoms with Gasteiger partial charge in [0.1, 0.15) is 0 Å². The second-order valence-corrected chi connectivity index (χ2v) is 5.31. The van der Waals surface area contributed by atoms with Gasteiger partial charge in [-0.1, -0.05) is 13.0 Å². The molecule has 2 rings (SSSR count). The zero-order chi connectivity index (χ0) is 17.2. The first-order valence-electron chi connectivity index (χ1n) is 8.31. The summed E-state index contributed by atoms with van der Waals surface area (Å²) in [4.78, 5) is 16.4. The lowest BCUT2D eigenvalue weighted by Gasteiger charge is -2.13. The predicted octanol–water partition coefficient (Wildman–Crippen LogP) is 3.24. The molecule has 1 N–H and O–H groups in total. The molecule has 5 nitrogen and oxygen atoms in total. The Balaban J connectivity index is 1.96. The van der Waals surface area contributed by atoms with Crippen LogP contribution >= 0.6 is 0 Å². The van der Waals surface area contributed by atoms with Gasteiger partial charge in [-0.15, -0.1) is 0 Å². The van der Waals surface area contributed by atoms with Crippen LogP contribution in [0.2, 0.25) is 0 Å². The molecule has 0 saturated carbocycles. The molecule has 0 saturated heterocycles. The summed E-state index contributed by atoms with van der Waals surface area (Å²) in [7, 11) is 0. The van der Waals surface area contributed by atoms with Gasteiger partial charge in [0.15, 0.2) is 11.5 Å². The highest BCUT2D eigenvalue weighted by molar-refractivity contribution is 5.94. The van der Waals surface area contributed by atoms with Crippen molar-refractivity contribution in [2.75, 3.05) is 19.8 Å². The molecule has 0 radical (unpaired) electrons. The van der Waals surface area contributed by atoms with Gasteiger partial charge in [0, 0.05) is 24.5 Å². The standard InChI is InChI=1S/C19H24N2O3/c1-3-12-24-17-8-7-16(13-18(17)23-4-2)19(22)21-11-9-15-6-5-10-20-14-15/h5-8,10,13-14H,3-4,9,11-12H2,1-2H3,(H,21,22). The van der Waals surface area contributed by atoms with Crippen LogP contribution in [0.1, 0.15) is 36.2 Å². The van der Waals surface area contributed by atoms with Crippen molar-refractivity contribution >= 4 is 5.91 Å². The lowest BCUT2D eigenvalue weighted by atomic mass is 10.1. The first-order chi connectivity index (χ1) is 11.7. The maximum Gasteiger partial charge on any atom is 0.251 e. The average molecular weight is 328 g/mol. The lowest BCUT2D eigenvalue weighted by molar-refractivity contribution is 0.0953. The van der Waals surface area contributed by atoms with Crippen molar-refractivity contribution in [2.24, 2.45) is 0 Å². The van der Waals surface area contributed by atoms with E-state index in [0.29, 0.717) is 36.8 Å². The van der Waals surface area contributed by atoms with Crippen LogP contribution in [0, 0.1) is 0 Å². The second-order valence-electron chi connectivity index (χ2n) is 5.31. The predicted molar refractivity (Wildman–Crippen MR) is 93.7 cm³/mol. The van der Waals surface area contributed by atoms with Gasteiger partial charge in [0.05, 0.1) is 13.2 Å². The van der Waals surface area contributed by atoms with Crippen molar-refractivity contribution in [3.8, 4) is 11.5 Å². The molecule has 1 amide bonds. The molecule has 2 aromatic rings. The first kappa shape index (κ1) is 17.8. The van der Waals surface area contributed by atoms with Crippen LogP contribution in [0.3, 0.4) is 0 Å². The SMILES string of the molecule is CCCOc1ccc(C(=O)NCCc2cccnc2)cc1OCC. The van der Waals surface area contributed by atoms with E-state index in [2.05, 4.69) is 10.3 Å². The van der Waals surface area contributed by atoms with E-state index in [1.807, 2.05) is 26.0 Å². The fourth-order valence-corrected chi connectivity index (χ4v) is 2.22. The molecule has 1 heterocycles. The van der Waals surface area contributed by atoms with Gasteiger partial charge in [-0.25, -0.2) is 0 Å². The molecule has 0 fully saturated rings. The normalized spacial score (nSPS) is 10.2. The number of hydrogen-bond donors (Lipinski definition) is 1. The van der Waals surface area contributed by atoms with Crippen molar-refractivity contribution in [3.05, 3.63) is 53.9 Å². The highest BCUT2D eigenvalue weighted by atomic mass is 16.5. The summed E-state index contributed by atoms with van der Waals surface area (Å²) >= 11 is 0. The van der Waals surface area contributed by atoms with E-state index in [0.717, 1.165) is 18.4 Å². The highest BCUT2D eigenvalue weighted by Crippen LogP contribution is 2.28. The zero-order valence-electron chi connectivity index (χ0n) is 14.2. The summed E-state index contributed by atoms with van der Waals surface area (Å²) in [5.74, 6) is 1.15. The van der Waals surface area contributed by atoms with Gasteiger partial charge >= 0.3 is 0 Å². The summed E-state index contributed by atoms with van der Waals surface area (Å²) < 4.78 is 11.2. The zero-order valence-corrected chi connectivity index (χ0v) is 14.2. The molecule has 0 aliphatic heterocycles. The monoisotopic (exact) mass is 328 g/mol. The molecule has 0 aliphatic rings. The summed E-state index contributed by atoms with van der Waals surface area (Å²) in [5.41, 5.74) is 1.66. The molecule has 0 unspecified atom stereocenters. The average Bonchev–Trinajstić information content (AvgIpc) is 2.61. The fraction of sp³-hybridized carbons (Fsp3) is 0.368. The molecule has 0 spiro atoms. The first-order valence-corrected chi connectivity index (χ1v) is 8.31. The maximum atomic E-state index is 12.3. The van der Waals surface area contributed by atoms with Crippen molar-refractivity contribution < 1.29 is 14.3 Å². The summed E-state index contributed by atoms with van der Waals surface area (Å²) in [6, 6.07) is 9.16. The quantitative estimate of drug-likeness (QED) is 0.767. The van der Waals surface area contributed by atoms with Gasteiger partial charge in [0.25, 0.3) is 5.91 Å². The second kappa shape index (κ2) is 9.55. The van der Waals surface area contributed by atoms with E-state index in [4.69, 9.17) is 9.47 Å². The Labute approximate surface area is 143 Å². The van der Waals surface area contributed by atoms with Crippen molar-refractivity contribution in [2.45, 2.75) is 26.7 Å². The number of aromatic nitrogens is 1. The topological polar surface area (TPSA) is 60.5 Å². The Morgan fingerprint density at radius 3 is 2.75 bits per heavy atom. The molecule has 128 valence electrons. The van der Waals surface area contributed by atoms with Crippen molar-refractivity contribution in [1.29, 1.82) is 0 Å². The number of benzene rings is 1. The Kier molecular flexibility index (Phi) is 7.08. The fourth-order valence-electron chi connectivity index (χ4n) is 2.22. The van der Waals surface area contributed by atoms with Gasteiger partial charge in [-0.05, 0) is 49.6 Å². The van der Waals surface area contributed by atoms with Crippen LogP contribution in [0.25, 0.3) is 0 Å². The lowest BCUT2D eigenvalue weighted by Crippen LogP contribution is -2.25. The Morgan fingerprint density at radius 2 is 2.04 bits per heavy atom. The number of nitrogens with one attached hydrogen (secondary N) is 1. The third-order valence-electron chi connectivity index (χ3n) is 3.39. The number of hydrogen-bond acceptors (Lipinski definition) is 4. The van der Waals surface area contributed by atoms with E-state index < -0.39 is 0 Å². The minimum absolute atomic E-state index is 0.123. The summed E-state index contributed by atoms with van der Waals surface area (Å²) in [5, 5.41) is 2.92. The van der Waals surface area contributed by atoms with E-state index in [1.54, 1.807) is 30.6 Å². The highest BCUT2D eigenvalue weighted by Gasteiger charge is 2.11. The molecule has 1 aromatic heterocycles. The van der Waals surface area contributed by atoms with E-state index >= 15 is 0 Å². The van der Waals surface area contributed by atoms with Gasteiger partial charge in [-0.2, -0.15) is 0 Å². The largest absolute Gasteiger partial charge is 0.490 e. The summed E-state index contributed by atoms with van der Waals surface area (Å²) in [6.45, 7) is 5.66. The van der Waals surface area contributed by atoms with E-state index in [-0.39, 0.29) is 5.91 Å². The molecular formula is C19H24N2O3. The van der Waals surface area contributed by atoms with Crippen LogP contribution in [0.15, 0.2) is 42.7 Å². The van der Waals surface area contributed by atoms with Gasteiger partial charge < -0.3 is 14.8 Å². The summed E-state index contributed by atoms with van der Waals surface area (Å²) in [6.07, 6.45) is 5.20. The smallest absolute Gasteiger partial charge is 0.251 e. The maximum absolute atomic E-state index is 12.3. The van der Waals surface area contributed by atoms with Crippen LogP contribution in [-0.4, -0.2) is 30.6 Å². The molecule has 0 aliphatic carbocycles. The molecular weight excluding hydrogens is 304 g/mol. The number of nitrogens with zero attached hydrogens (tertiary/aromatic N) is 1.